The molecule has 1 N–H and O–H groups in total. The van der Waals surface area contributed by atoms with Gasteiger partial charge >= 0.3 is 0 Å². The van der Waals surface area contributed by atoms with Gasteiger partial charge in [-0.05, 0) is 31.5 Å². The van der Waals surface area contributed by atoms with Gasteiger partial charge in [0.05, 0.1) is 23.5 Å². The highest BCUT2D eigenvalue weighted by atomic mass is 32.1. The van der Waals surface area contributed by atoms with E-state index in [0.29, 0.717) is 18.2 Å². The molecule has 0 aliphatic carbocycles. The van der Waals surface area contributed by atoms with Crippen LogP contribution in [0.2, 0.25) is 0 Å². The lowest BCUT2D eigenvalue weighted by Crippen LogP contribution is -3.12. The van der Waals surface area contributed by atoms with Crippen molar-refractivity contribution < 1.29 is 19.3 Å². The fourth-order valence-corrected chi connectivity index (χ4v) is 4.25. The molecule has 0 bridgehead atoms. The molecule has 0 amide bonds. The summed E-state index contributed by atoms with van der Waals surface area (Å²) in [5.74, 6) is 1.75. The minimum Gasteiger partial charge on any atom is -0.438 e. The third-order valence-electron chi connectivity index (χ3n) is 4.91. The molecular formula is C19H21N4O4S+. The Morgan fingerprint density at radius 1 is 1.21 bits per heavy atom. The van der Waals surface area contributed by atoms with E-state index in [1.54, 1.807) is 23.5 Å². The zero-order chi connectivity index (χ0) is 19.7. The quantitative estimate of drug-likeness (QED) is 0.521. The lowest BCUT2D eigenvalue weighted by molar-refractivity contribution is -0.922. The zero-order valence-electron chi connectivity index (χ0n) is 15.7. The van der Waals surface area contributed by atoms with Gasteiger partial charge in [0.15, 0.2) is 5.82 Å². The van der Waals surface area contributed by atoms with Gasteiger partial charge in [-0.15, -0.1) is 11.3 Å². The van der Waals surface area contributed by atoms with E-state index in [1.165, 1.54) is 21.9 Å². The van der Waals surface area contributed by atoms with Crippen molar-refractivity contribution in [3.8, 4) is 11.6 Å². The summed E-state index contributed by atoms with van der Waals surface area (Å²) < 4.78 is 11.5. The Morgan fingerprint density at radius 3 is 2.61 bits per heavy atom. The smallest absolute Gasteiger partial charge is 0.269 e. The highest BCUT2D eigenvalue weighted by Crippen LogP contribution is 2.36. The maximum atomic E-state index is 10.9. The lowest BCUT2D eigenvalue weighted by Gasteiger charge is -2.23. The molecule has 9 heteroatoms. The third kappa shape index (κ3) is 3.82. The number of nitrogens with one attached hydrogen (secondary N) is 1. The molecule has 8 nitrogen and oxygen atoms in total. The fourth-order valence-electron chi connectivity index (χ4n) is 3.22. The van der Waals surface area contributed by atoms with Crippen LogP contribution in [0.5, 0.6) is 11.6 Å². The minimum absolute atomic E-state index is 0.0272. The second kappa shape index (κ2) is 7.78. The first-order valence-corrected chi connectivity index (χ1v) is 9.93. The van der Waals surface area contributed by atoms with Crippen molar-refractivity contribution >= 4 is 27.2 Å². The van der Waals surface area contributed by atoms with Crippen molar-refractivity contribution in [1.29, 1.82) is 0 Å². The number of non-ortho nitro benzene ring substituents is 1. The average Bonchev–Trinajstić information content (AvgIpc) is 2.97. The summed E-state index contributed by atoms with van der Waals surface area (Å²) >= 11 is 1.63. The molecule has 3 heterocycles. The number of nitrogens with zero attached hydrogens (tertiary/aromatic N) is 3. The normalized spacial score (nSPS) is 15.1. The molecule has 146 valence electrons. The molecule has 1 saturated heterocycles. The van der Waals surface area contributed by atoms with Crippen LogP contribution in [0.15, 0.2) is 24.3 Å². The van der Waals surface area contributed by atoms with Crippen LogP contribution in [0, 0.1) is 24.0 Å². The van der Waals surface area contributed by atoms with Crippen molar-refractivity contribution in [2.75, 3.05) is 26.3 Å². The Morgan fingerprint density at radius 2 is 1.93 bits per heavy atom. The first kappa shape index (κ1) is 18.7. The van der Waals surface area contributed by atoms with Gasteiger partial charge in [0.1, 0.15) is 30.2 Å². The van der Waals surface area contributed by atoms with Crippen LogP contribution in [-0.4, -0.2) is 41.2 Å². The van der Waals surface area contributed by atoms with Crippen LogP contribution in [-0.2, 0) is 11.3 Å². The number of aryl methyl sites for hydroxylation is 2. The Kier molecular flexibility index (Phi) is 5.21. The molecular weight excluding hydrogens is 380 g/mol. The predicted octanol–water partition coefficient (Wildman–Crippen LogP) is 2.42. The molecule has 28 heavy (non-hydrogen) atoms. The summed E-state index contributed by atoms with van der Waals surface area (Å²) in [4.78, 5) is 23.4. The van der Waals surface area contributed by atoms with E-state index in [-0.39, 0.29) is 5.69 Å². The van der Waals surface area contributed by atoms with Crippen molar-refractivity contribution in [1.82, 2.24) is 9.97 Å². The molecule has 0 atom stereocenters. The zero-order valence-corrected chi connectivity index (χ0v) is 16.5. The summed E-state index contributed by atoms with van der Waals surface area (Å²) in [6.45, 7) is 8.18. The number of thiophene rings is 1. The van der Waals surface area contributed by atoms with E-state index in [2.05, 4.69) is 6.92 Å². The topological polar surface area (TPSA) is 91.8 Å². The third-order valence-corrected chi connectivity index (χ3v) is 6.01. The molecule has 2 aromatic heterocycles. The van der Waals surface area contributed by atoms with E-state index < -0.39 is 4.92 Å². The summed E-state index contributed by atoms with van der Waals surface area (Å²) in [5.41, 5.74) is 1.13. The van der Waals surface area contributed by atoms with Gasteiger partial charge in [0.2, 0.25) is 5.88 Å². The van der Waals surface area contributed by atoms with Gasteiger partial charge in [-0.25, -0.2) is 4.98 Å². The summed E-state index contributed by atoms with van der Waals surface area (Å²) in [7, 11) is 0. The largest absolute Gasteiger partial charge is 0.438 e. The van der Waals surface area contributed by atoms with Crippen LogP contribution in [0.25, 0.3) is 10.2 Å². The van der Waals surface area contributed by atoms with Gasteiger partial charge in [-0.3, -0.25) is 10.1 Å². The molecule has 4 rings (SSSR count). The fraction of sp³-hybridized carbons (Fsp3) is 0.368. The second-order valence-electron chi connectivity index (χ2n) is 6.80. The summed E-state index contributed by atoms with van der Waals surface area (Å²) in [6, 6.07) is 6.04. The standard InChI is InChI=1S/C19H20N4O4S/c1-12-13(2)28-19-17(12)18(27-15-5-3-14(4-6-15)23(24)25)20-16(21-19)11-22-7-9-26-10-8-22/h3-6H,7-11H2,1-2H3/p+1. The highest BCUT2D eigenvalue weighted by molar-refractivity contribution is 7.18. The van der Waals surface area contributed by atoms with E-state index >= 15 is 0 Å². The number of nitro groups is 1. The number of nitro benzene ring substituents is 1. The van der Waals surface area contributed by atoms with Crippen molar-refractivity contribution in [2.24, 2.45) is 0 Å². The minimum atomic E-state index is -0.428. The predicted molar refractivity (Wildman–Crippen MR) is 105 cm³/mol. The Labute approximate surface area is 165 Å². The monoisotopic (exact) mass is 401 g/mol. The number of hydrogen-bond donors (Lipinski definition) is 1. The molecule has 1 aliphatic rings. The lowest BCUT2D eigenvalue weighted by atomic mass is 10.2. The van der Waals surface area contributed by atoms with Gasteiger partial charge in [0, 0.05) is 17.0 Å². The van der Waals surface area contributed by atoms with Crippen molar-refractivity contribution in [3.05, 3.63) is 50.6 Å². The van der Waals surface area contributed by atoms with E-state index in [1.807, 2.05) is 6.92 Å². The number of morpholine rings is 1. The first-order chi connectivity index (χ1) is 13.5. The van der Waals surface area contributed by atoms with E-state index in [4.69, 9.17) is 19.4 Å². The molecule has 0 unspecified atom stereocenters. The van der Waals surface area contributed by atoms with Crippen LogP contribution in [0.1, 0.15) is 16.3 Å². The first-order valence-electron chi connectivity index (χ1n) is 9.11. The Bertz CT molecular complexity index is 1010. The van der Waals surface area contributed by atoms with E-state index in [0.717, 1.165) is 47.9 Å². The van der Waals surface area contributed by atoms with Crippen molar-refractivity contribution in [2.45, 2.75) is 20.4 Å². The van der Waals surface area contributed by atoms with Gasteiger partial charge in [-0.1, -0.05) is 0 Å². The number of aromatic nitrogens is 2. The number of ether oxygens (including phenoxy) is 2. The molecule has 3 aromatic rings. The number of quaternary nitrogens is 1. The Hall–Kier alpha value is -2.62. The van der Waals surface area contributed by atoms with Crippen LogP contribution in [0.4, 0.5) is 5.69 Å². The maximum Gasteiger partial charge on any atom is 0.269 e. The van der Waals surface area contributed by atoms with Gasteiger partial charge < -0.3 is 14.4 Å². The number of benzene rings is 1. The number of hydrogen-bond acceptors (Lipinski definition) is 7. The molecule has 0 saturated carbocycles. The highest BCUT2D eigenvalue weighted by Gasteiger charge is 2.21. The molecule has 1 aromatic carbocycles. The average molecular weight is 401 g/mol. The number of fused-ring (bicyclic) bond motifs is 1. The number of rotatable bonds is 5. The van der Waals surface area contributed by atoms with Gasteiger partial charge in [0.25, 0.3) is 5.69 Å². The molecule has 1 aliphatic heterocycles. The molecule has 0 radical (unpaired) electrons. The van der Waals surface area contributed by atoms with E-state index in [9.17, 15) is 10.1 Å². The summed E-state index contributed by atoms with van der Waals surface area (Å²) in [6.07, 6.45) is 0. The summed E-state index contributed by atoms with van der Waals surface area (Å²) in [5, 5.41) is 11.8. The van der Waals surface area contributed by atoms with Crippen molar-refractivity contribution in [3.63, 3.8) is 0 Å². The SMILES string of the molecule is Cc1sc2nc(C[NH+]3CCOCC3)nc(Oc3ccc([N+](=O)[O-])cc3)c2c1C. The second-order valence-corrected chi connectivity index (χ2v) is 8.00. The van der Waals surface area contributed by atoms with Crippen LogP contribution >= 0.6 is 11.3 Å². The molecule has 1 fully saturated rings. The maximum absolute atomic E-state index is 10.9. The van der Waals surface area contributed by atoms with Gasteiger partial charge in [-0.2, -0.15) is 4.98 Å². The molecule has 0 spiro atoms. The Balaban J connectivity index is 1.68. The van der Waals surface area contributed by atoms with Crippen LogP contribution < -0.4 is 9.64 Å². The van der Waals surface area contributed by atoms with Crippen LogP contribution in [0.3, 0.4) is 0 Å².